The molecule has 246 valence electrons. The monoisotopic (exact) mass is 636 g/mol. The van der Waals surface area contributed by atoms with Crippen molar-refractivity contribution in [2.45, 2.75) is 76.7 Å². The molecule has 0 heterocycles. The second-order valence-corrected chi connectivity index (χ2v) is 13.9. The molecular weight excluding hydrogens is 594 g/mol. The average Bonchev–Trinajstić information content (AvgIpc) is 3.23. The first-order valence-electron chi connectivity index (χ1n) is 15.8. The Bertz CT molecular complexity index is 1600. The molecule has 0 spiro atoms. The van der Waals surface area contributed by atoms with Crippen molar-refractivity contribution in [1.29, 1.82) is 0 Å². The van der Waals surface area contributed by atoms with Crippen LogP contribution in [0, 0.1) is 34.4 Å². The second-order valence-electron chi connectivity index (χ2n) is 13.9. The third-order valence-corrected chi connectivity index (χ3v) is 11.7. The summed E-state index contributed by atoms with van der Waals surface area (Å²) in [6.45, 7) is 6.02. The van der Waals surface area contributed by atoms with Crippen molar-refractivity contribution in [2.75, 3.05) is 6.61 Å². The van der Waals surface area contributed by atoms with E-state index in [2.05, 4.69) is 0 Å². The van der Waals surface area contributed by atoms with E-state index in [1.807, 2.05) is 30.3 Å². The van der Waals surface area contributed by atoms with Crippen LogP contribution in [0.3, 0.4) is 0 Å². The molecule has 4 aliphatic rings. The van der Waals surface area contributed by atoms with Crippen LogP contribution in [0.4, 0.5) is 8.78 Å². The summed E-state index contributed by atoms with van der Waals surface area (Å²) in [6.07, 6.45) is 4.44. The lowest BCUT2D eigenvalue weighted by Gasteiger charge is -2.62. The molecule has 0 bridgehead atoms. The molecule has 3 fully saturated rings. The number of ketones is 2. The highest BCUT2D eigenvalue weighted by molar-refractivity contribution is 6.01. The standard InChI is InChI=1S/C22H29FO5.C15H13FO2/c1-12-8-16-15-5-4-13-9-14(25)6-7-19(13,2)21(15,23)17(26)10-20(16,3)22(12,28)18(27)11-24;1-10(15(17)18)12-7-8-13(14(16)9-12)11-5-3-2-4-6-11/h6-7,9,12,15-17,24,26,28H,4-5,8,10-11H2,1-3H3;2-10H,1H3,(H,17,18)/t12-,15+,16+,17+,19+,20+,21+,22+;/m1./s1. The topological polar surface area (TPSA) is 132 Å². The van der Waals surface area contributed by atoms with Gasteiger partial charge in [0.1, 0.15) is 18.0 Å². The number of aliphatic carboxylic acids is 1. The van der Waals surface area contributed by atoms with Gasteiger partial charge in [-0.25, -0.2) is 8.78 Å². The molecule has 4 aliphatic carbocycles. The zero-order valence-electron chi connectivity index (χ0n) is 26.5. The average molecular weight is 637 g/mol. The lowest BCUT2D eigenvalue weighted by atomic mass is 9.44. The van der Waals surface area contributed by atoms with Gasteiger partial charge in [-0.1, -0.05) is 68.0 Å². The highest BCUT2D eigenvalue weighted by atomic mass is 19.1. The van der Waals surface area contributed by atoms with Gasteiger partial charge in [-0.2, -0.15) is 0 Å². The first kappa shape index (κ1) is 33.8. The lowest BCUT2D eigenvalue weighted by Crippen LogP contribution is -2.69. The smallest absolute Gasteiger partial charge is 0.310 e. The molecule has 0 saturated heterocycles. The van der Waals surface area contributed by atoms with E-state index >= 15 is 4.39 Å². The molecule has 7 nitrogen and oxygen atoms in total. The summed E-state index contributed by atoms with van der Waals surface area (Å²) < 4.78 is 30.8. The van der Waals surface area contributed by atoms with Crippen LogP contribution >= 0.6 is 0 Å². The van der Waals surface area contributed by atoms with Crippen LogP contribution in [0.2, 0.25) is 0 Å². The first-order valence-corrected chi connectivity index (χ1v) is 15.8. The number of alkyl halides is 1. The number of carbonyl (C=O) groups is 3. The Morgan fingerprint density at radius 1 is 1.09 bits per heavy atom. The maximum absolute atomic E-state index is 16.9. The predicted octanol–water partition coefficient (Wildman–Crippen LogP) is 5.58. The number of carboxylic acids is 1. The molecule has 0 aliphatic heterocycles. The summed E-state index contributed by atoms with van der Waals surface area (Å²) >= 11 is 0. The van der Waals surface area contributed by atoms with Gasteiger partial charge in [0.05, 0.1) is 12.0 Å². The van der Waals surface area contributed by atoms with Gasteiger partial charge in [0.2, 0.25) is 0 Å². The molecule has 9 atom stereocenters. The number of carbonyl (C=O) groups excluding carboxylic acids is 2. The molecular formula is C37H42F2O7. The van der Waals surface area contributed by atoms with Gasteiger partial charge in [-0.05, 0) is 80.7 Å². The number of Topliss-reactive ketones (excluding diaryl/α,β-unsaturated/α-hetero) is 1. The number of aliphatic hydroxyl groups is 3. The maximum Gasteiger partial charge on any atom is 0.310 e. The highest BCUT2D eigenvalue weighted by Gasteiger charge is 2.75. The minimum atomic E-state index is -1.98. The summed E-state index contributed by atoms with van der Waals surface area (Å²) in [5.74, 6) is -4.18. The van der Waals surface area contributed by atoms with E-state index in [0.29, 0.717) is 36.0 Å². The third-order valence-electron chi connectivity index (χ3n) is 11.7. The van der Waals surface area contributed by atoms with E-state index in [4.69, 9.17) is 5.11 Å². The number of hydrogen-bond acceptors (Lipinski definition) is 6. The van der Waals surface area contributed by atoms with E-state index < -0.39 is 70.1 Å². The van der Waals surface area contributed by atoms with Crippen molar-refractivity contribution in [3.8, 4) is 11.1 Å². The zero-order valence-corrected chi connectivity index (χ0v) is 26.5. The molecule has 46 heavy (non-hydrogen) atoms. The fraction of sp³-hybridized carbons (Fsp3) is 0.486. The molecule has 1 unspecified atom stereocenters. The van der Waals surface area contributed by atoms with Crippen molar-refractivity contribution < 1.29 is 43.6 Å². The number of fused-ring (bicyclic) bond motifs is 5. The number of carboxylic acid groups (broad SMARTS) is 1. The number of allylic oxidation sites excluding steroid dienone is 4. The van der Waals surface area contributed by atoms with Crippen LogP contribution in [0.1, 0.15) is 64.9 Å². The third kappa shape index (κ3) is 4.90. The molecule has 2 aromatic carbocycles. The molecule has 6 rings (SSSR count). The number of hydrogen-bond donors (Lipinski definition) is 4. The molecule has 0 amide bonds. The van der Waals surface area contributed by atoms with Gasteiger partial charge in [0, 0.05) is 22.3 Å². The van der Waals surface area contributed by atoms with Crippen LogP contribution in [-0.4, -0.2) is 61.9 Å². The van der Waals surface area contributed by atoms with Crippen LogP contribution in [-0.2, 0) is 14.4 Å². The Hall–Kier alpha value is -3.53. The molecule has 3 saturated carbocycles. The number of halogens is 2. The van der Waals surface area contributed by atoms with Crippen LogP contribution < -0.4 is 0 Å². The van der Waals surface area contributed by atoms with E-state index in [-0.39, 0.29) is 18.1 Å². The minimum Gasteiger partial charge on any atom is -0.481 e. The van der Waals surface area contributed by atoms with Crippen molar-refractivity contribution in [2.24, 2.45) is 28.6 Å². The zero-order chi connectivity index (χ0) is 33.8. The summed E-state index contributed by atoms with van der Waals surface area (Å²) in [4.78, 5) is 35.2. The molecule has 9 heteroatoms. The Morgan fingerprint density at radius 2 is 1.76 bits per heavy atom. The van der Waals surface area contributed by atoms with Gasteiger partial charge in [-0.15, -0.1) is 0 Å². The molecule has 4 N–H and O–H groups in total. The van der Waals surface area contributed by atoms with Crippen molar-refractivity contribution in [3.05, 3.63) is 83.7 Å². The Labute approximate surface area is 267 Å². The lowest BCUT2D eigenvalue weighted by molar-refractivity contribution is -0.219. The summed E-state index contributed by atoms with van der Waals surface area (Å²) in [7, 11) is 0. The summed E-state index contributed by atoms with van der Waals surface area (Å²) in [6, 6.07) is 13.7. The Balaban J connectivity index is 0.000000200. The quantitative estimate of drug-likeness (QED) is 0.337. The Morgan fingerprint density at radius 3 is 2.37 bits per heavy atom. The molecule has 0 aromatic heterocycles. The number of rotatable bonds is 5. The normalized spacial score (nSPS) is 36.7. The van der Waals surface area contributed by atoms with Gasteiger partial charge in [0.15, 0.2) is 17.2 Å². The van der Waals surface area contributed by atoms with Gasteiger partial charge in [-0.3, -0.25) is 14.4 Å². The van der Waals surface area contributed by atoms with Crippen molar-refractivity contribution in [3.63, 3.8) is 0 Å². The fourth-order valence-electron chi connectivity index (χ4n) is 9.06. The Kier molecular flexibility index (Phi) is 8.77. The van der Waals surface area contributed by atoms with Gasteiger partial charge < -0.3 is 20.4 Å². The second kappa shape index (κ2) is 11.9. The van der Waals surface area contributed by atoms with Crippen LogP contribution in [0.5, 0.6) is 0 Å². The largest absolute Gasteiger partial charge is 0.481 e. The SMILES string of the molecule is CC(C(=O)O)c1ccc(-c2ccccc2)c(F)c1.C[C@@H]1C[C@H]2[C@@H]3CCC4=CC(=O)C=C[C@]4(C)[C@@]3(F)[C@@H](O)C[C@]2(C)[C@@]1(O)C(=O)CO. The number of benzene rings is 2. The van der Waals surface area contributed by atoms with E-state index in [9.17, 15) is 34.1 Å². The fourth-order valence-corrected chi connectivity index (χ4v) is 9.06. The summed E-state index contributed by atoms with van der Waals surface area (Å²) in [5, 5.41) is 40.9. The van der Waals surface area contributed by atoms with Crippen molar-refractivity contribution >= 4 is 17.5 Å². The molecule has 2 aromatic rings. The highest BCUT2D eigenvalue weighted by Crippen LogP contribution is 2.70. The van der Waals surface area contributed by atoms with E-state index in [0.717, 1.165) is 5.56 Å². The van der Waals surface area contributed by atoms with Gasteiger partial charge >= 0.3 is 5.97 Å². The maximum atomic E-state index is 16.9. The van der Waals surface area contributed by atoms with Crippen LogP contribution in [0.15, 0.2) is 72.3 Å². The predicted molar refractivity (Wildman–Crippen MR) is 168 cm³/mol. The summed E-state index contributed by atoms with van der Waals surface area (Å²) in [5.41, 5.74) is -3.43. The van der Waals surface area contributed by atoms with Crippen LogP contribution in [0.25, 0.3) is 11.1 Å². The van der Waals surface area contributed by atoms with Gasteiger partial charge in [0.25, 0.3) is 0 Å². The number of aliphatic hydroxyl groups excluding tert-OH is 2. The van der Waals surface area contributed by atoms with E-state index in [1.54, 1.807) is 45.9 Å². The first-order chi connectivity index (χ1) is 21.6. The van der Waals surface area contributed by atoms with E-state index in [1.165, 1.54) is 18.2 Å². The minimum absolute atomic E-state index is 0.0676. The van der Waals surface area contributed by atoms with Crippen molar-refractivity contribution in [1.82, 2.24) is 0 Å². The molecule has 0 radical (unpaired) electrons.